The summed E-state index contributed by atoms with van der Waals surface area (Å²) in [7, 11) is 0. The first-order valence-electron chi connectivity index (χ1n) is 5.83. The van der Waals surface area contributed by atoms with Gasteiger partial charge in [-0.25, -0.2) is 9.78 Å². The van der Waals surface area contributed by atoms with E-state index in [0.717, 1.165) is 12.7 Å². The maximum atomic E-state index is 10.8. The minimum atomic E-state index is -1.12. The molecular formula is C13H11NO5. The fourth-order valence-electron chi connectivity index (χ4n) is 1.80. The molecular weight excluding hydrogens is 250 g/mol. The smallest absolute Gasteiger partial charge is 0.357 e. The third-order valence-corrected chi connectivity index (χ3v) is 2.72. The third kappa shape index (κ3) is 2.24. The fourth-order valence-corrected chi connectivity index (χ4v) is 1.80. The molecule has 0 fully saturated rings. The van der Waals surface area contributed by atoms with Crippen LogP contribution in [0.1, 0.15) is 16.9 Å². The van der Waals surface area contributed by atoms with Crippen LogP contribution in [0.25, 0.3) is 11.5 Å². The Bertz CT molecular complexity index is 619. The number of carbonyl (C=O) groups is 1. The second-order valence-electron chi connectivity index (χ2n) is 4.06. The number of carboxylic acids is 1. The standard InChI is InChI=1S/C13H11NO5/c15-13(16)9-7-19-12(14-9)8-2-3-10-11(6-8)18-5-1-4-17-10/h2-3,6-7H,1,4-5H2,(H,15,16). The molecule has 6 heteroatoms. The van der Waals surface area contributed by atoms with Crippen LogP contribution < -0.4 is 9.47 Å². The summed E-state index contributed by atoms with van der Waals surface area (Å²) in [4.78, 5) is 14.6. The zero-order valence-corrected chi connectivity index (χ0v) is 9.96. The van der Waals surface area contributed by atoms with Crippen LogP contribution >= 0.6 is 0 Å². The Morgan fingerprint density at radius 3 is 2.74 bits per heavy atom. The summed E-state index contributed by atoms with van der Waals surface area (Å²) in [6, 6.07) is 5.25. The Morgan fingerprint density at radius 1 is 1.21 bits per heavy atom. The molecule has 2 heterocycles. The van der Waals surface area contributed by atoms with E-state index in [4.69, 9.17) is 19.0 Å². The van der Waals surface area contributed by atoms with Gasteiger partial charge in [0.2, 0.25) is 5.89 Å². The Balaban J connectivity index is 1.96. The number of ether oxygens (including phenoxy) is 2. The zero-order valence-electron chi connectivity index (χ0n) is 9.96. The molecule has 3 rings (SSSR count). The van der Waals surface area contributed by atoms with E-state index >= 15 is 0 Å². The monoisotopic (exact) mass is 261 g/mol. The van der Waals surface area contributed by atoms with Crippen molar-refractivity contribution in [1.82, 2.24) is 4.98 Å². The van der Waals surface area contributed by atoms with Crippen LogP contribution in [0.5, 0.6) is 11.5 Å². The Kier molecular flexibility index (Phi) is 2.83. The fraction of sp³-hybridized carbons (Fsp3) is 0.231. The number of oxazole rings is 1. The summed E-state index contributed by atoms with van der Waals surface area (Å²) < 4.78 is 16.2. The van der Waals surface area contributed by atoms with E-state index in [2.05, 4.69) is 4.98 Å². The summed E-state index contributed by atoms with van der Waals surface area (Å²) in [5.74, 6) is 0.411. The van der Waals surface area contributed by atoms with Crippen molar-refractivity contribution in [2.45, 2.75) is 6.42 Å². The first-order chi connectivity index (χ1) is 9.24. The molecule has 1 aliphatic heterocycles. The Hall–Kier alpha value is -2.50. The summed E-state index contributed by atoms with van der Waals surface area (Å²) >= 11 is 0. The average Bonchev–Trinajstić information content (AvgIpc) is 2.78. The highest BCUT2D eigenvalue weighted by Gasteiger charge is 2.15. The summed E-state index contributed by atoms with van der Waals surface area (Å²) in [6.45, 7) is 1.21. The number of fused-ring (bicyclic) bond motifs is 1. The van der Waals surface area contributed by atoms with E-state index in [-0.39, 0.29) is 11.6 Å². The molecule has 19 heavy (non-hydrogen) atoms. The SMILES string of the molecule is O=C(O)c1coc(-c2ccc3c(c2)OCCCO3)n1. The molecule has 6 nitrogen and oxygen atoms in total. The highest BCUT2D eigenvalue weighted by Crippen LogP contribution is 2.33. The number of hydrogen-bond donors (Lipinski definition) is 1. The second-order valence-corrected chi connectivity index (χ2v) is 4.06. The topological polar surface area (TPSA) is 81.8 Å². The van der Waals surface area contributed by atoms with Crippen molar-refractivity contribution in [3.8, 4) is 23.0 Å². The van der Waals surface area contributed by atoms with Gasteiger partial charge < -0.3 is 19.0 Å². The molecule has 0 atom stereocenters. The first-order valence-corrected chi connectivity index (χ1v) is 5.83. The number of aromatic nitrogens is 1. The minimum absolute atomic E-state index is 0.123. The molecule has 1 aliphatic rings. The molecule has 1 N–H and O–H groups in total. The van der Waals surface area contributed by atoms with Crippen LogP contribution in [-0.4, -0.2) is 29.3 Å². The van der Waals surface area contributed by atoms with E-state index in [9.17, 15) is 4.79 Å². The van der Waals surface area contributed by atoms with Crippen molar-refractivity contribution in [2.75, 3.05) is 13.2 Å². The molecule has 0 amide bonds. The van der Waals surface area contributed by atoms with Gasteiger partial charge in [-0.15, -0.1) is 0 Å². The van der Waals surface area contributed by atoms with Crippen molar-refractivity contribution < 1.29 is 23.8 Å². The summed E-state index contributed by atoms with van der Waals surface area (Å²) in [5, 5.41) is 8.81. The predicted molar refractivity (Wildman–Crippen MR) is 64.5 cm³/mol. The van der Waals surface area contributed by atoms with Gasteiger partial charge in [-0.1, -0.05) is 0 Å². The van der Waals surface area contributed by atoms with Gasteiger partial charge in [0.15, 0.2) is 17.2 Å². The van der Waals surface area contributed by atoms with Crippen LogP contribution in [0.2, 0.25) is 0 Å². The van der Waals surface area contributed by atoms with Gasteiger partial charge in [0.25, 0.3) is 0 Å². The Morgan fingerprint density at radius 2 is 2.00 bits per heavy atom. The maximum Gasteiger partial charge on any atom is 0.357 e. The molecule has 0 bridgehead atoms. The van der Waals surface area contributed by atoms with E-state index in [1.807, 2.05) is 0 Å². The summed E-state index contributed by atoms with van der Waals surface area (Å²) in [6.07, 6.45) is 1.94. The van der Waals surface area contributed by atoms with Gasteiger partial charge >= 0.3 is 5.97 Å². The van der Waals surface area contributed by atoms with Gasteiger partial charge in [0, 0.05) is 12.0 Å². The molecule has 0 saturated heterocycles. The van der Waals surface area contributed by atoms with E-state index in [1.165, 1.54) is 0 Å². The molecule has 1 aromatic carbocycles. The van der Waals surface area contributed by atoms with E-state index in [0.29, 0.717) is 30.3 Å². The van der Waals surface area contributed by atoms with E-state index in [1.54, 1.807) is 18.2 Å². The van der Waals surface area contributed by atoms with Crippen LogP contribution in [0.3, 0.4) is 0 Å². The second kappa shape index (κ2) is 4.64. The molecule has 98 valence electrons. The van der Waals surface area contributed by atoms with Gasteiger partial charge in [0.1, 0.15) is 6.26 Å². The van der Waals surface area contributed by atoms with Crippen molar-refractivity contribution in [3.63, 3.8) is 0 Å². The van der Waals surface area contributed by atoms with Gasteiger partial charge in [-0.05, 0) is 18.2 Å². The lowest BCUT2D eigenvalue weighted by Crippen LogP contribution is -1.97. The van der Waals surface area contributed by atoms with Crippen molar-refractivity contribution in [1.29, 1.82) is 0 Å². The summed E-state index contributed by atoms with van der Waals surface area (Å²) in [5.41, 5.74) is 0.527. The first kappa shape index (κ1) is 11.6. The van der Waals surface area contributed by atoms with Crippen LogP contribution in [0, 0.1) is 0 Å². The molecule has 2 aromatic rings. The third-order valence-electron chi connectivity index (χ3n) is 2.72. The highest BCUT2D eigenvalue weighted by molar-refractivity contribution is 5.85. The number of carboxylic acid groups (broad SMARTS) is 1. The minimum Gasteiger partial charge on any atom is -0.490 e. The maximum absolute atomic E-state index is 10.8. The van der Waals surface area contributed by atoms with Crippen molar-refractivity contribution in [2.24, 2.45) is 0 Å². The van der Waals surface area contributed by atoms with Gasteiger partial charge in [0.05, 0.1) is 13.2 Å². The Labute approximate surface area is 108 Å². The normalized spacial score (nSPS) is 13.9. The lowest BCUT2D eigenvalue weighted by atomic mass is 10.2. The number of benzene rings is 1. The molecule has 0 unspecified atom stereocenters. The van der Waals surface area contributed by atoms with Crippen LogP contribution in [-0.2, 0) is 0 Å². The number of aromatic carboxylic acids is 1. The highest BCUT2D eigenvalue weighted by atomic mass is 16.5. The van der Waals surface area contributed by atoms with Crippen molar-refractivity contribution in [3.05, 3.63) is 30.2 Å². The average molecular weight is 261 g/mol. The van der Waals surface area contributed by atoms with Crippen molar-refractivity contribution >= 4 is 5.97 Å². The molecule has 0 saturated carbocycles. The van der Waals surface area contributed by atoms with Gasteiger partial charge in [-0.3, -0.25) is 0 Å². The van der Waals surface area contributed by atoms with Crippen LogP contribution in [0.4, 0.5) is 0 Å². The largest absolute Gasteiger partial charge is 0.490 e. The van der Waals surface area contributed by atoms with Crippen LogP contribution in [0.15, 0.2) is 28.9 Å². The van der Waals surface area contributed by atoms with E-state index < -0.39 is 5.97 Å². The molecule has 0 aliphatic carbocycles. The molecule has 0 radical (unpaired) electrons. The predicted octanol–water partition coefficient (Wildman–Crippen LogP) is 2.20. The lowest BCUT2D eigenvalue weighted by molar-refractivity contribution is 0.0690. The number of hydrogen-bond acceptors (Lipinski definition) is 5. The molecule has 0 spiro atoms. The number of nitrogens with zero attached hydrogens (tertiary/aromatic N) is 1. The zero-order chi connectivity index (χ0) is 13.2. The number of rotatable bonds is 2. The quantitative estimate of drug-likeness (QED) is 0.892. The lowest BCUT2D eigenvalue weighted by Gasteiger charge is -2.07. The van der Waals surface area contributed by atoms with Gasteiger partial charge in [-0.2, -0.15) is 0 Å². The molecule has 1 aromatic heterocycles.